The predicted molar refractivity (Wildman–Crippen MR) is 96.0 cm³/mol. The van der Waals surface area contributed by atoms with Crippen LogP contribution in [0.5, 0.6) is 0 Å². The molecule has 0 N–H and O–H groups in total. The molecule has 1 aromatic carbocycles. The first kappa shape index (κ1) is 18.3. The molecule has 0 unspecified atom stereocenters. The summed E-state index contributed by atoms with van der Waals surface area (Å²) in [5, 5.41) is 7.69. The first-order chi connectivity index (χ1) is 11.8. The van der Waals surface area contributed by atoms with Crippen molar-refractivity contribution in [2.75, 3.05) is 27.2 Å². The minimum atomic E-state index is -3.66. The van der Waals surface area contributed by atoms with E-state index in [1.165, 1.54) is 30.0 Å². The van der Waals surface area contributed by atoms with Crippen LogP contribution < -0.4 is 0 Å². The van der Waals surface area contributed by atoms with Crippen LogP contribution in [0, 0.1) is 13.8 Å². The van der Waals surface area contributed by atoms with E-state index in [-0.39, 0.29) is 4.90 Å². The van der Waals surface area contributed by atoms with E-state index in [0.717, 1.165) is 5.56 Å². The SMILES string of the molecule is Cc1cc(C)c2nonc2c1S(=O)(=O)N(C)CCN(C)C1CCCC1. The Labute approximate surface area is 149 Å². The number of nitrogens with zero attached hydrogens (tertiary/aromatic N) is 4. The number of aryl methyl sites for hydroxylation is 2. The van der Waals surface area contributed by atoms with Crippen molar-refractivity contribution in [2.45, 2.75) is 50.5 Å². The van der Waals surface area contributed by atoms with Crippen molar-refractivity contribution in [1.29, 1.82) is 0 Å². The molecule has 7 nitrogen and oxygen atoms in total. The second-order valence-electron chi connectivity index (χ2n) is 7.05. The fourth-order valence-electron chi connectivity index (χ4n) is 3.67. The van der Waals surface area contributed by atoms with Crippen LogP contribution in [-0.4, -0.2) is 61.2 Å². The standard InChI is InChI=1S/C17H26N4O3S/c1-12-11-13(2)17(16-15(12)18-24-19-16)25(22,23)21(4)10-9-20(3)14-7-5-6-8-14/h11,14H,5-10H2,1-4H3. The summed E-state index contributed by atoms with van der Waals surface area (Å²) in [6, 6.07) is 2.39. The molecule has 25 heavy (non-hydrogen) atoms. The van der Waals surface area contributed by atoms with Gasteiger partial charge < -0.3 is 4.90 Å². The smallest absolute Gasteiger partial charge is 0.245 e. The quantitative estimate of drug-likeness (QED) is 0.781. The highest BCUT2D eigenvalue weighted by Crippen LogP contribution is 2.29. The molecule has 0 aliphatic heterocycles. The summed E-state index contributed by atoms with van der Waals surface area (Å²) in [4.78, 5) is 2.47. The van der Waals surface area contributed by atoms with Gasteiger partial charge in [-0.3, -0.25) is 0 Å². The Hall–Kier alpha value is -1.51. The van der Waals surface area contributed by atoms with E-state index in [1.54, 1.807) is 14.0 Å². The summed E-state index contributed by atoms with van der Waals surface area (Å²) in [5.41, 5.74) is 2.34. The van der Waals surface area contributed by atoms with Gasteiger partial charge in [0.05, 0.1) is 0 Å². The molecular formula is C17H26N4O3S. The first-order valence-electron chi connectivity index (χ1n) is 8.71. The minimum absolute atomic E-state index is 0.195. The van der Waals surface area contributed by atoms with Gasteiger partial charge in [0.2, 0.25) is 10.0 Å². The number of sulfonamides is 1. The van der Waals surface area contributed by atoms with Gasteiger partial charge in [0.25, 0.3) is 0 Å². The third-order valence-corrected chi connectivity index (χ3v) is 7.29. The maximum Gasteiger partial charge on any atom is 0.245 e. The number of likely N-dealkylation sites (N-methyl/N-ethyl adjacent to an activating group) is 2. The van der Waals surface area contributed by atoms with E-state index >= 15 is 0 Å². The van der Waals surface area contributed by atoms with E-state index < -0.39 is 10.0 Å². The Balaban J connectivity index is 1.82. The minimum Gasteiger partial charge on any atom is -0.302 e. The van der Waals surface area contributed by atoms with Crippen molar-refractivity contribution in [3.63, 3.8) is 0 Å². The van der Waals surface area contributed by atoms with Crippen molar-refractivity contribution in [3.8, 4) is 0 Å². The molecule has 138 valence electrons. The molecular weight excluding hydrogens is 340 g/mol. The molecule has 1 aliphatic rings. The number of rotatable bonds is 6. The van der Waals surface area contributed by atoms with E-state index in [2.05, 4.69) is 22.3 Å². The maximum atomic E-state index is 13.1. The van der Waals surface area contributed by atoms with Gasteiger partial charge in [-0.1, -0.05) is 18.9 Å². The summed E-state index contributed by atoms with van der Waals surface area (Å²) in [6.07, 6.45) is 4.94. The topological polar surface area (TPSA) is 79.5 Å². The van der Waals surface area contributed by atoms with Crippen LogP contribution in [0.25, 0.3) is 11.0 Å². The number of hydrogen-bond acceptors (Lipinski definition) is 6. The zero-order valence-corrected chi connectivity index (χ0v) is 16.1. The van der Waals surface area contributed by atoms with Gasteiger partial charge in [0.1, 0.15) is 10.4 Å². The molecule has 0 saturated heterocycles. The van der Waals surface area contributed by atoms with Gasteiger partial charge in [-0.15, -0.1) is 0 Å². The number of fused-ring (bicyclic) bond motifs is 1. The molecule has 2 aromatic rings. The van der Waals surface area contributed by atoms with Gasteiger partial charge in [0, 0.05) is 26.2 Å². The van der Waals surface area contributed by atoms with Crippen molar-refractivity contribution >= 4 is 21.1 Å². The van der Waals surface area contributed by atoms with E-state index in [1.807, 2.05) is 13.0 Å². The van der Waals surface area contributed by atoms with Crippen LogP contribution in [0.1, 0.15) is 36.8 Å². The third-order valence-electron chi connectivity index (χ3n) is 5.25. The van der Waals surface area contributed by atoms with Gasteiger partial charge in [-0.2, -0.15) is 4.31 Å². The van der Waals surface area contributed by atoms with Crippen LogP contribution >= 0.6 is 0 Å². The number of benzene rings is 1. The monoisotopic (exact) mass is 366 g/mol. The van der Waals surface area contributed by atoms with Gasteiger partial charge >= 0.3 is 0 Å². The lowest BCUT2D eigenvalue weighted by Crippen LogP contribution is -2.38. The summed E-state index contributed by atoms with van der Waals surface area (Å²) < 4.78 is 32.4. The predicted octanol–water partition coefficient (Wildman–Crippen LogP) is 2.33. The van der Waals surface area contributed by atoms with Crippen LogP contribution in [0.4, 0.5) is 0 Å². The first-order valence-corrected chi connectivity index (χ1v) is 10.2. The van der Waals surface area contributed by atoms with Crippen LogP contribution in [0.3, 0.4) is 0 Å². The zero-order valence-electron chi connectivity index (χ0n) is 15.3. The zero-order chi connectivity index (χ0) is 18.2. The Bertz CT molecular complexity index is 856. The lowest BCUT2D eigenvalue weighted by Gasteiger charge is -2.26. The highest BCUT2D eigenvalue weighted by molar-refractivity contribution is 7.89. The maximum absolute atomic E-state index is 13.1. The highest BCUT2D eigenvalue weighted by Gasteiger charge is 2.29. The Morgan fingerprint density at radius 3 is 2.40 bits per heavy atom. The largest absolute Gasteiger partial charge is 0.302 e. The Morgan fingerprint density at radius 2 is 1.72 bits per heavy atom. The fourth-order valence-corrected chi connectivity index (χ4v) is 5.15. The Morgan fingerprint density at radius 1 is 1.08 bits per heavy atom. The second-order valence-corrected chi connectivity index (χ2v) is 9.03. The number of aromatic nitrogens is 2. The Kier molecular flexibility index (Phi) is 5.13. The average molecular weight is 366 g/mol. The molecule has 1 saturated carbocycles. The fraction of sp³-hybridized carbons (Fsp3) is 0.647. The van der Waals surface area contributed by atoms with Crippen molar-refractivity contribution in [3.05, 3.63) is 17.2 Å². The summed E-state index contributed by atoms with van der Waals surface area (Å²) in [7, 11) is 0.0403. The van der Waals surface area contributed by atoms with Crippen LogP contribution in [0.15, 0.2) is 15.6 Å². The van der Waals surface area contributed by atoms with Gasteiger partial charge in [-0.25, -0.2) is 13.0 Å². The third kappa shape index (κ3) is 3.43. The van der Waals surface area contributed by atoms with Crippen molar-refractivity contribution in [1.82, 2.24) is 19.5 Å². The summed E-state index contributed by atoms with van der Waals surface area (Å²) >= 11 is 0. The molecule has 3 rings (SSSR count). The molecule has 0 amide bonds. The second kappa shape index (κ2) is 7.01. The van der Waals surface area contributed by atoms with Crippen LogP contribution in [-0.2, 0) is 10.0 Å². The van der Waals surface area contributed by atoms with Gasteiger partial charge in [-0.05, 0) is 55.2 Å². The highest BCUT2D eigenvalue weighted by atomic mass is 32.2. The van der Waals surface area contributed by atoms with Crippen molar-refractivity contribution in [2.24, 2.45) is 0 Å². The lowest BCUT2D eigenvalue weighted by molar-refractivity contribution is 0.233. The molecule has 1 aliphatic carbocycles. The van der Waals surface area contributed by atoms with E-state index in [0.29, 0.717) is 35.7 Å². The molecule has 0 spiro atoms. The summed E-state index contributed by atoms with van der Waals surface area (Å²) in [6.45, 7) is 4.81. The van der Waals surface area contributed by atoms with Crippen molar-refractivity contribution < 1.29 is 13.0 Å². The van der Waals surface area contributed by atoms with Gasteiger partial charge in [0.15, 0.2) is 5.52 Å². The normalized spacial score (nSPS) is 16.6. The van der Waals surface area contributed by atoms with E-state index in [4.69, 9.17) is 4.63 Å². The molecule has 1 aromatic heterocycles. The summed E-state index contributed by atoms with van der Waals surface area (Å²) in [5.74, 6) is 0. The molecule has 0 atom stereocenters. The molecule has 8 heteroatoms. The molecule has 0 bridgehead atoms. The molecule has 0 radical (unpaired) electrons. The average Bonchev–Trinajstić information content (AvgIpc) is 3.23. The van der Waals surface area contributed by atoms with Crippen LogP contribution in [0.2, 0.25) is 0 Å². The molecule has 1 heterocycles. The van der Waals surface area contributed by atoms with E-state index in [9.17, 15) is 8.42 Å². The lowest BCUT2D eigenvalue weighted by atomic mass is 10.1. The molecule has 1 fully saturated rings. The number of hydrogen-bond donors (Lipinski definition) is 0.